The van der Waals surface area contributed by atoms with Crippen LogP contribution in [0.2, 0.25) is 0 Å². The van der Waals surface area contributed by atoms with Crippen LogP contribution in [0.3, 0.4) is 0 Å². The zero-order valence-electron chi connectivity index (χ0n) is 10.2. The average Bonchev–Trinajstić information content (AvgIpc) is 2.57. The molecular weight excluding hydrogens is 222 g/mol. The summed E-state index contributed by atoms with van der Waals surface area (Å²) in [5.41, 5.74) is 6.62. The molecule has 0 aromatic heterocycles. The van der Waals surface area contributed by atoms with Crippen molar-refractivity contribution >= 4 is 0 Å². The summed E-state index contributed by atoms with van der Waals surface area (Å²) in [6.07, 6.45) is 0. The Hall–Kier alpha value is -1.00. The van der Waals surface area contributed by atoms with E-state index in [9.17, 15) is 8.78 Å². The highest BCUT2D eigenvalue weighted by Gasteiger charge is 2.30. The Balaban J connectivity index is 2.17. The van der Waals surface area contributed by atoms with Gasteiger partial charge in [0.2, 0.25) is 0 Å². The quantitative estimate of drug-likeness (QED) is 0.859. The van der Waals surface area contributed by atoms with Crippen molar-refractivity contribution in [3.63, 3.8) is 0 Å². The fourth-order valence-electron chi connectivity index (χ4n) is 2.37. The average molecular weight is 240 g/mol. The third kappa shape index (κ3) is 2.64. The van der Waals surface area contributed by atoms with E-state index < -0.39 is 11.6 Å². The lowest BCUT2D eigenvalue weighted by molar-refractivity contribution is 0.252. The summed E-state index contributed by atoms with van der Waals surface area (Å²) in [6, 6.07) is 3.83. The number of rotatable bonds is 2. The minimum Gasteiger partial charge on any atom is -0.326 e. The number of nitrogens with zero attached hydrogens (tertiary/aromatic N) is 1. The van der Waals surface area contributed by atoms with E-state index in [2.05, 4.69) is 11.8 Å². The monoisotopic (exact) mass is 240 g/mol. The van der Waals surface area contributed by atoms with Crippen LogP contribution in [0.15, 0.2) is 18.2 Å². The highest BCUT2D eigenvalue weighted by Crippen LogP contribution is 2.27. The van der Waals surface area contributed by atoms with Gasteiger partial charge in [0.25, 0.3) is 0 Å². The molecule has 0 radical (unpaired) electrons. The van der Waals surface area contributed by atoms with Gasteiger partial charge in [0.05, 0.1) is 0 Å². The predicted molar refractivity (Wildman–Crippen MR) is 63.5 cm³/mol. The third-order valence-corrected chi connectivity index (χ3v) is 3.61. The van der Waals surface area contributed by atoms with Gasteiger partial charge in [-0.15, -0.1) is 0 Å². The molecule has 1 aliphatic heterocycles. The lowest BCUT2D eigenvalue weighted by Gasteiger charge is -2.24. The van der Waals surface area contributed by atoms with Crippen molar-refractivity contribution in [3.05, 3.63) is 35.4 Å². The van der Waals surface area contributed by atoms with Crippen LogP contribution in [0, 0.1) is 17.6 Å². The first-order chi connectivity index (χ1) is 7.97. The zero-order chi connectivity index (χ0) is 12.6. The first-order valence-corrected chi connectivity index (χ1v) is 5.93. The smallest absolute Gasteiger partial charge is 0.126 e. The largest absolute Gasteiger partial charge is 0.326 e. The normalized spacial score (nSPS) is 27.4. The maximum Gasteiger partial charge on any atom is 0.126 e. The van der Waals surface area contributed by atoms with E-state index in [1.807, 2.05) is 6.92 Å². The van der Waals surface area contributed by atoms with E-state index in [0.717, 1.165) is 19.2 Å². The number of halogens is 2. The molecule has 0 saturated carbocycles. The molecule has 1 heterocycles. The topological polar surface area (TPSA) is 29.3 Å². The van der Waals surface area contributed by atoms with Gasteiger partial charge >= 0.3 is 0 Å². The highest BCUT2D eigenvalue weighted by atomic mass is 19.1. The van der Waals surface area contributed by atoms with Gasteiger partial charge in [-0.3, -0.25) is 4.90 Å². The number of hydrogen-bond donors (Lipinski definition) is 1. The molecule has 2 nitrogen and oxygen atoms in total. The third-order valence-electron chi connectivity index (χ3n) is 3.61. The molecule has 3 atom stereocenters. The molecule has 1 saturated heterocycles. The Morgan fingerprint density at radius 3 is 2.29 bits per heavy atom. The van der Waals surface area contributed by atoms with Crippen LogP contribution in [0.1, 0.15) is 25.5 Å². The summed E-state index contributed by atoms with van der Waals surface area (Å²) < 4.78 is 26.3. The molecule has 1 fully saturated rings. The zero-order valence-corrected chi connectivity index (χ0v) is 10.2. The first kappa shape index (κ1) is 12.5. The molecule has 0 bridgehead atoms. The van der Waals surface area contributed by atoms with E-state index in [-0.39, 0.29) is 12.1 Å². The summed E-state index contributed by atoms with van der Waals surface area (Å²) in [7, 11) is 0. The van der Waals surface area contributed by atoms with Crippen molar-refractivity contribution in [1.82, 2.24) is 4.90 Å². The van der Waals surface area contributed by atoms with Gasteiger partial charge in [0, 0.05) is 31.2 Å². The Morgan fingerprint density at radius 1 is 1.24 bits per heavy atom. The van der Waals surface area contributed by atoms with Crippen LogP contribution in [-0.2, 0) is 0 Å². The van der Waals surface area contributed by atoms with Crippen LogP contribution in [0.4, 0.5) is 8.78 Å². The Labute approximate surface area is 100 Å². The summed E-state index contributed by atoms with van der Waals surface area (Å²) >= 11 is 0. The van der Waals surface area contributed by atoms with Crippen molar-refractivity contribution in [2.45, 2.75) is 25.9 Å². The lowest BCUT2D eigenvalue weighted by atomic mass is 10.1. The SMILES string of the molecule is CC1CN(C(C)c2cc(F)cc(F)c2)CC1N. The van der Waals surface area contributed by atoms with Crippen molar-refractivity contribution in [3.8, 4) is 0 Å². The molecule has 3 unspecified atom stereocenters. The van der Waals surface area contributed by atoms with Gasteiger partial charge in [-0.05, 0) is 30.5 Å². The summed E-state index contributed by atoms with van der Waals surface area (Å²) in [4.78, 5) is 2.17. The summed E-state index contributed by atoms with van der Waals surface area (Å²) in [6.45, 7) is 5.71. The molecule has 4 heteroatoms. The number of benzene rings is 1. The number of likely N-dealkylation sites (tertiary alicyclic amines) is 1. The molecule has 0 spiro atoms. The molecular formula is C13H18F2N2. The molecule has 1 aliphatic rings. The van der Waals surface area contributed by atoms with Crippen LogP contribution >= 0.6 is 0 Å². The van der Waals surface area contributed by atoms with Crippen LogP contribution in [0.25, 0.3) is 0 Å². The molecule has 17 heavy (non-hydrogen) atoms. The predicted octanol–water partition coefficient (Wildman–Crippen LogP) is 2.30. The van der Waals surface area contributed by atoms with E-state index >= 15 is 0 Å². The van der Waals surface area contributed by atoms with Crippen molar-refractivity contribution in [1.29, 1.82) is 0 Å². The second-order valence-electron chi connectivity index (χ2n) is 4.97. The standard InChI is InChI=1S/C13H18F2N2/c1-8-6-17(7-13(8)16)9(2)10-3-11(14)5-12(15)4-10/h3-5,8-9,13H,6-7,16H2,1-2H3. The fourth-order valence-corrected chi connectivity index (χ4v) is 2.37. The maximum atomic E-state index is 13.1. The van der Waals surface area contributed by atoms with Gasteiger partial charge < -0.3 is 5.73 Å². The molecule has 0 amide bonds. The van der Waals surface area contributed by atoms with Gasteiger partial charge in [-0.2, -0.15) is 0 Å². The minimum absolute atomic E-state index is 0.00352. The van der Waals surface area contributed by atoms with Gasteiger partial charge in [0.15, 0.2) is 0 Å². The lowest BCUT2D eigenvalue weighted by Crippen LogP contribution is -2.29. The van der Waals surface area contributed by atoms with Gasteiger partial charge in [-0.25, -0.2) is 8.78 Å². The molecule has 94 valence electrons. The fraction of sp³-hybridized carbons (Fsp3) is 0.538. The van der Waals surface area contributed by atoms with Gasteiger partial charge in [0.1, 0.15) is 11.6 Å². The molecule has 0 aliphatic carbocycles. The molecule has 2 N–H and O–H groups in total. The molecule has 1 aromatic carbocycles. The minimum atomic E-state index is -0.525. The van der Waals surface area contributed by atoms with Gasteiger partial charge in [-0.1, -0.05) is 6.92 Å². The first-order valence-electron chi connectivity index (χ1n) is 5.93. The second-order valence-corrected chi connectivity index (χ2v) is 4.97. The summed E-state index contributed by atoms with van der Waals surface area (Å²) in [5.74, 6) is -0.623. The highest BCUT2D eigenvalue weighted by molar-refractivity contribution is 5.21. The Bertz CT molecular complexity index is 378. The maximum absolute atomic E-state index is 13.1. The van der Waals surface area contributed by atoms with Crippen molar-refractivity contribution in [2.75, 3.05) is 13.1 Å². The van der Waals surface area contributed by atoms with Crippen LogP contribution in [-0.4, -0.2) is 24.0 Å². The van der Waals surface area contributed by atoms with E-state index in [1.165, 1.54) is 12.1 Å². The number of nitrogens with two attached hydrogens (primary N) is 1. The van der Waals surface area contributed by atoms with E-state index in [1.54, 1.807) is 0 Å². The summed E-state index contributed by atoms with van der Waals surface area (Å²) in [5, 5.41) is 0. The second kappa shape index (κ2) is 4.70. The molecule has 2 rings (SSSR count). The van der Waals surface area contributed by atoms with E-state index in [4.69, 9.17) is 5.73 Å². The van der Waals surface area contributed by atoms with Crippen molar-refractivity contribution < 1.29 is 8.78 Å². The Kier molecular flexibility index (Phi) is 3.45. The van der Waals surface area contributed by atoms with E-state index in [0.29, 0.717) is 11.5 Å². The Morgan fingerprint density at radius 2 is 1.82 bits per heavy atom. The molecule has 1 aromatic rings. The van der Waals surface area contributed by atoms with Crippen LogP contribution in [0.5, 0.6) is 0 Å². The van der Waals surface area contributed by atoms with Crippen LogP contribution < -0.4 is 5.73 Å². The number of hydrogen-bond acceptors (Lipinski definition) is 2. The van der Waals surface area contributed by atoms with Crippen molar-refractivity contribution in [2.24, 2.45) is 11.7 Å².